The molecule has 2 aromatic rings. The number of carbonyl (C=O) groups is 3. The van der Waals surface area contributed by atoms with Crippen LogP contribution in [0.4, 0.5) is 5.69 Å². The highest BCUT2D eigenvalue weighted by Gasteiger charge is 2.60. The van der Waals surface area contributed by atoms with E-state index in [0.717, 1.165) is 12.0 Å². The maximum Gasteiger partial charge on any atom is 0.234 e. The number of anilines is 1. The number of carbonyl (C=O) groups excluding carboxylic acids is 3. The van der Waals surface area contributed by atoms with Crippen molar-refractivity contribution in [2.75, 3.05) is 5.32 Å². The molecular weight excluding hydrogens is 400 g/mol. The summed E-state index contributed by atoms with van der Waals surface area (Å²) in [6.07, 6.45) is 5.04. The second-order valence-corrected chi connectivity index (χ2v) is 8.67. The number of amides is 3. The molecule has 30 heavy (non-hydrogen) atoms. The zero-order chi connectivity index (χ0) is 20.8. The van der Waals surface area contributed by atoms with Crippen molar-refractivity contribution in [2.45, 2.75) is 18.9 Å². The van der Waals surface area contributed by atoms with Crippen molar-refractivity contribution in [1.29, 1.82) is 0 Å². The van der Waals surface area contributed by atoms with Gasteiger partial charge in [-0.2, -0.15) is 0 Å². The normalized spacial score (nSPS) is 27.4. The van der Waals surface area contributed by atoms with Crippen molar-refractivity contribution in [2.24, 2.45) is 23.7 Å². The highest BCUT2D eigenvalue weighted by atomic mass is 35.5. The number of rotatable bonds is 5. The van der Waals surface area contributed by atoms with Gasteiger partial charge in [0.15, 0.2) is 0 Å². The van der Waals surface area contributed by atoms with Crippen LogP contribution in [0.1, 0.15) is 24.4 Å². The summed E-state index contributed by atoms with van der Waals surface area (Å²) < 4.78 is 0. The lowest BCUT2D eigenvalue weighted by Gasteiger charge is -2.28. The maximum atomic E-state index is 13.3. The molecule has 5 atom stereocenters. The van der Waals surface area contributed by atoms with E-state index in [9.17, 15) is 14.4 Å². The van der Waals surface area contributed by atoms with Crippen LogP contribution in [0.2, 0.25) is 5.02 Å². The lowest BCUT2D eigenvalue weighted by molar-refractivity contribution is -0.144. The van der Waals surface area contributed by atoms with Gasteiger partial charge in [-0.1, -0.05) is 54.1 Å². The molecule has 1 aliphatic heterocycles. The summed E-state index contributed by atoms with van der Waals surface area (Å²) >= 11 is 5.91. The highest BCUT2D eigenvalue weighted by molar-refractivity contribution is 6.30. The Labute approximate surface area is 179 Å². The largest absolute Gasteiger partial charge is 0.326 e. The number of nitrogens with zero attached hydrogens (tertiary/aromatic N) is 1. The third-order valence-corrected chi connectivity index (χ3v) is 6.76. The Morgan fingerprint density at radius 1 is 0.967 bits per heavy atom. The van der Waals surface area contributed by atoms with Gasteiger partial charge in [0.05, 0.1) is 24.3 Å². The molecule has 2 bridgehead atoms. The Kier molecular flexibility index (Phi) is 4.70. The first-order chi connectivity index (χ1) is 14.5. The Morgan fingerprint density at radius 2 is 1.57 bits per heavy atom. The van der Waals surface area contributed by atoms with Gasteiger partial charge in [-0.05, 0) is 48.1 Å². The van der Waals surface area contributed by atoms with E-state index < -0.39 is 6.04 Å². The summed E-state index contributed by atoms with van der Waals surface area (Å²) in [5.74, 6) is -0.826. The summed E-state index contributed by atoms with van der Waals surface area (Å²) in [4.78, 5) is 40.8. The van der Waals surface area contributed by atoms with Gasteiger partial charge in [0.25, 0.3) is 0 Å². The molecule has 1 N–H and O–H groups in total. The van der Waals surface area contributed by atoms with Gasteiger partial charge in [-0.3, -0.25) is 19.3 Å². The predicted molar refractivity (Wildman–Crippen MR) is 113 cm³/mol. The van der Waals surface area contributed by atoms with Crippen LogP contribution in [0, 0.1) is 23.7 Å². The van der Waals surface area contributed by atoms with Gasteiger partial charge in [-0.15, -0.1) is 0 Å². The molecule has 6 heteroatoms. The molecular formula is C24H21ClN2O3. The Hall–Kier alpha value is -2.92. The molecule has 2 aromatic carbocycles. The monoisotopic (exact) mass is 420 g/mol. The predicted octanol–water partition coefficient (Wildman–Crippen LogP) is 4.22. The maximum absolute atomic E-state index is 13.3. The quantitative estimate of drug-likeness (QED) is 0.581. The van der Waals surface area contributed by atoms with Crippen LogP contribution < -0.4 is 5.32 Å². The van der Waals surface area contributed by atoms with Crippen LogP contribution in [0.15, 0.2) is 66.7 Å². The topological polar surface area (TPSA) is 66.5 Å². The molecule has 5 rings (SSSR count). The molecule has 1 saturated heterocycles. The van der Waals surface area contributed by atoms with E-state index >= 15 is 0 Å². The van der Waals surface area contributed by atoms with E-state index in [0.29, 0.717) is 10.7 Å². The van der Waals surface area contributed by atoms with Crippen LogP contribution in [0.5, 0.6) is 0 Å². The highest BCUT2D eigenvalue weighted by Crippen LogP contribution is 2.54. The number of halogens is 1. The van der Waals surface area contributed by atoms with Gasteiger partial charge in [0, 0.05) is 10.7 Å². The van der Waals surface area contributed by atoms with Crippen LogP contribution in [-0.4, -0.2) is 22.6 Å². The van der Waals surface area contributed by atoms with Crippen LogP contribution >= 0.6 is 11.6 Å². The summed E-state index contributed by atoms with van der Waals surface area (Å²) in [6, 6.07) is 15.5. The van der Waals surface area contributed by atoms with Crippen molar-refractivity contribution in [1.82, 2.24) is 4.90 Å². The average molecular weight is 421 g/mol. The van der Waals surface area contributed by atoms with E-state index in [4.69, 9.17) is 11.6 Å². The molecule has 5 unspecified atom stereocenters. The van der Waals surface area contributed by atoms with Crippen molar-refractivity contribution in [3.05, 3.63) is 77.3 Å². The Morgan fingerprint density at radius 3 is 2.17 bits per heavy atom. The van der Waals surface area contributed by atoms with Crippen LogP contribution in [0.25, 0.3) is 0 Å². The minimum absolute atomic E-state index is 0.00627. The number of hydrogen-bond donors (Lipinski definition) is 1. The SMILES string of the molecule is O=C(CC(c1ccccc1)N1C(=O)C2C3C=CC(C3)C2C1=O)Nc1ccc(Cl)cc1. The number of hydrogen-bond acceptors (Lipinski definition) is 3. The number of allylic oxidation sites excluding steroid dienone is 2. The molecule has 0 spiro atoms. The number of imide groups is 1. The summed E-state index contributed by atoms with van der Waals surface area (Å²) in [5, 5.41) is 3.43. The summed E-state index contributed by atoms with van der Waals surface area (Å²) in [6.45, 7) is 0. The van der Waals surface area contributed by atoms with Crippen molar-refractivity contribution in [3.63, 3.8) is 0 Å². The third kappa shape index (κ3) is 3.14. The average Bonchev–Trinajstić information content (AvgIpc) is 3.43. The second-order valence-electron chi connectivity index (χ2n) is 8.23. The lowest BCUT2D eigenvalue weighted by atomic mass is 9.85. The van der Waals surface area contributed by atoms with E-state index in [2.05, 4.69) is 17.5 Å². The number of likely N-dealkylation sites (tertiary alicyclic amines) is 1. The third-order valence-electron chi connectivity index (χ3n) is 6.51. The Bertz CT molecular complexity index is 1000. The molecule has 2 aliphatic carbocycles. The fraction of sp³-hybridized carbons (Fsp3) is 0.292. The summed E-state index contributed by atoms with van der Waals surface area (Å²) in [5.41, 5.74) is 1.40. The zero-order valence-electron chi connectivity index (χ0n) is 16.2. The zero-order valence-corrected chi connectivity index (χ0v) is 17.0. The molecule has 0 radical (unpaired) electrons. The van der Waals surface area contributed by atoms with Gasteiger partial charge >= 0.3 is 0 Å². The fourth-order valence-corrected chi connectivity index (χ4v) is 5.31. The molecule has 1 heterocycles. The first-order valence-corrected chi connectivity index (χ1v) is 10.6. The van der Waals surface area contributed by atoms with E-state index in [1.165, 1.54) is 4.90 Å². The van der Waals surface area contributed by atoms with Gasteiger partial charge in [-0.25, -0.2) is 0 Å². The summed E-state index contributed by atoms with van der Waals surface area (Å²) in [7, 11) is 0. The molecule has 1 saturated carbocycles. The number of fused-ring (bicyclic) bond motifs is 5. The molecule has 3 aliphatic rings. The minimum atomic E-state index is -0.622. The molecule has 2 fully saturated rings. The van der Waals surface area contributed by atoms with Crippen LogP contribution in [-0.2, 0) is 14.4 Å². The smallest absolute Gasteiger partial charge is 0.234 e. The number of nitrogens with one attached hydrogen (secondary N) is 1. The fourth-order valence-electron chi connectivity index (χ4n) is 5.19. The van der Waals surface area contributed by atoms with Crippen molar-refractivity contribution < 1.29 is 14.4 Å². The van der Waals surface area contributed by atoms with Gasteiger partial charge < -0.3 is 5.32 Å². The van der Waals surface area contributed by atoms with E-state index in [1.54, 1.807) is 24.3 Å². The molecule has 0 aromatic heterocycles. The molecule has 152 valence electrons. The van der Waals surface area contributed by atoms with Gasteiger partial charge in [0.1, 0.15) is 0 Å². The molecule has 5 nitrogen and oxygen atoms in total. The van der Waals surface area contributed by atoms with Gasteiger partial charge in [0.2, 0.25) is 17.7 Å². The van der Waals surface area contributed by atoms with Crippen molar-refractivity contribution >= 4 is 35.0 Å². The van der Waals surface area contributed by atoms with Crippen molar-refractivity contribution in [3.8, 4) is 0 Å². The first kappa shape index (κ1) is 19.1. The number of benzene rings is 2. The minimum Gasteiger partial charge on any atom is -0.326 e. The lowest BCUT2D eigenvalue weighted by Crippen LogP contribution is -2.38. The van der Waals surface area contributed by atoms with Crippen LogP contribution in [0.3, 0.4) is 0 Å². The van der Waals surface area contributed by atoms with E-state index in [-0.39, 0.29) is 47.8 Å². The Balaban J connectivity index is 1.42. The second kappa shape index (κ2) is 7.40. The molecule has 3 amide bonds. The first-order valence-electron chi connectivity index (χ1n) is 10.2. The van der Waals surface area contributed by atoms with E-state index in [1.807, 2.05) is 30.3 Å². The standard InChI is InChI=1S/C24H21ClN2O3/c25-17-8-10-18(11-9-17)26-20(28)13-19(14-4-2-1-3-5-14)27-23(29)21-15-6-7-16(12-15)22(21)24(27)30/h1-11,15-16,19,21-22H,12-13H2,(H,26,28).